The maximum Gasteiger partial charge on any atom is 0.416 e. The number of ether oxygens (including phenoxy) is 1. The third kappa shape index (κ3) is 15.9. The number of rotatable bonds is 15. The van der Waals surface area contributed by atoms with Crippen molar-refractivity contribution in [3.05, 3.63) is 63.6 Å². The Kier molecular flexibility index (Phi) is 20.2. The largest absolute Gasteiger partial charge is 0.416 e. The lowest BCUT2D eigenvalue weighted by atomic mass is 10.1. The van der Waals surface area contributed by atoms with Gasteiger partial charge in [0.2, 0.25) is 0 Å². The Morgan fingerprint density at radius 2 is 1.44 bits per heavy atom. The topological polar surface area (TPSA) is 209 Å². The number of aromatic nitrogens is 2. The van der Waals surface area contributed by atoms with E-state index in [2.05, 4.69) is 61.0 Å². The van der Waals surface area contributed by atoms with Gasteiger partial charge in [-0.3, -0.25) is 18.3 Å². The molecule has 300 valence electrons. The first-order valence-corrected chi connectivity index (χ1v) is 20.3. The molecule has 1 aromatic carbocycles. The van der Waals surface area contributed by atoms with Crippen LogP contribution in [0, 0.1) is 0 Å². The molecule has 0 radical (unpaired) electrons. The standard InChI is InChI=1S/C19H24F3N3O11P2.2C6H15N/c1-24-14(23-34-8-11-3-2-4-12(7-11)19(20,21)22)5-6-25(18(24)28)17-16(27)15(26)13(36-17)9-35-38(32,33)10-37(29,30)31;2*1-4-7(5-2)6-3/h2-7,13,15-17,26-27H,8-10H2,1H3,(H,32,33)(H2,29,30,31);2*4-6H2,1-3H3/b23-14-;;/t13-,15-,16-,17-;;/m1../s1. The number of halogens is 3. The molecule has 1 aliphatic rings. The molecule has 5 N–H and O–H groups in total. The third-order valence-electron chi connectivity index (χ3n) is 7.98. The minimum Gasteiger partial charge on any atom is -0.389 e. The lowest BCUT2D eigenvalue weighted by Crippen LogP contribution is -2.42. The highest BCUT2D eigenvalue weighted by atomic mass is 31.2. The summed E-state index contributed by atoms with van der Waals surface area (Å²) in [5, 5.41) is 24.3. The van der Waals surface area contributed by atoms with E-state index >= 15 is 0 Å². The number of aliphatic hydroxyl groups excluding tert-OH is 2. The van der Waals surface area contributed by atoms with Crippen molar-refractivity contribution in [2.45, 2.75) is 78.9 Å². The molecule has 2 aromatic rings. The highest BCUT2D eigenvalue weighted by Gasteiger charge is 2.45. The molecule has 5 atom stereocenters. The predicted molar refractivity (Wildman–Crippen MR) is 187 cm³/mol. The van der Waals surface area contributed by atoms with Gasteiger partial charge in [0, 0.05) is 19.3 Å². The molecule has 2 heterocycles. The van der Waals surface area contributed by atoms with Gasteiger partial charge in [0.1, 0.15) is 24.9 Å². The van der Waals surface area contributed by atoms with E-state index in [0.717, 1.165) is 27.5 Å². The van der Waals surface area contributed by atoms with Gasteiger partial charge in [-0.15, -0.1) is 0 Å². The zero-order valence-corrected chi connectivity index (χ0v) is 32.4. The summed E-state index contributed by atoms with van der Waals surface area (Å²) in [5.41, 5.74) is -1.56. The Morgan fingerprint density at radius 1 is 0.904 bits per heavy atom. The van der Waals surface area contributed by atoms with E-state index in [0.29, 0.717) is 0 Å². The lowest BCUT2D eigenvalue weighted by molar-refractivity contribution is -0.137. The van der Waals surface area contributed by atoms with Gasteiger partial charge in [0.25, 0.3) is 0 Å². The first-order valence-electron chi connectivity index (χ1n) is 16.8. The number of hydrogen-bond donors (Lipinski definition) is 5. The zero-order valence-electron chi connectivity index (χ0n) is 30.6. The van der Waals surface area contributed by atoms with E-state index in [1.165, 1.54) is 64.5 Å². The van der Waals surface area contributed by atoms with E-state index in [1.807, 2.05) is 0 Å². The monoisotopic (exact) mass is 791 g/mol. The zero-order chi connectivity index (χ0) is 39.9. The van der Waals surface area contributed by atoms with Crippen molar-refractivity contribution in [3.63, 3.8) is 0 Å². The summed E-state index contributed by atoms with van der Waals surface area (Å²) in [5.74, 6) is -1.47. The predicted octanol–water partition coefficient (Wildman–Crippen LogP) is 2.89. The quantitative estimate of drug-likeness (QED) is 0.130. The Hall–Kier alpha value is -2.41. The second-order valence-electron chi connectivity index (χ2n) is 11.5. The Morgan fingerprint density at radius 3 is 1.90 bits per heavy atom. The molecule has 0 amide bonds. The minimum absolute atomic E-state index is 0.0511. The van der Waals surface area contributed by atoms with Crippen LogP contribution in [0.25, 0.3) is 0 Å². The maximum atomic E-state index is 12.8. The molecular weight excluding hydrogens is 737 g/mol. The van der Waals surface area contributed by atoms with Gasteiger partial charge in [-0.2, -0.15) is 13.2 Å². The Labute approximate surface area is 301 Å². The normalized spacial score (nSPS) is 20.6. The number of hydrogen-bond acceptors (Lipinski definition) is 11. The van der Waals surface area contributed by atoms with E-state index in [9.17, 15) is 42.2 Å². The molecule has 21 heteroatoms. The van der Waals surface area contributed by atoms with Crippen molar-refractivity contribution in [2.75, 3.05) is 51.8 Å². The third-order valence-corrected chi connectivity index (χ3v) is 11.4. The maximum absolute atomic E-state index is 12.8. The molecule has 0 aliphatic carbocycles. The van der Waals surface area contributed by atoms with E-state index in [1.54, 1.807) is 0 Å². The molecule has 3 rings (SSSR count). The summed E-state index contributed by atoms with van der Waals surface area (Å²) in [4.78, 5) is 49.9. The molecule has 1 unspecified atom stereocenters. The minimum atomic E-state index is -4.89. The van der Waals surface area contributed by atoms with Crippen LogP contribution in [0.4, 0.5) is 13.2 Å². The molecule has 52 heavy (non-hydrogen) atoms. The van der Waals surface area contributed by atoms with Crippen molar-refractivity contribution >= 4 is 15.2 Å². The lowest BCUT2D eigenvalue weighted by Gasteiger charge is -2.19. The number of aliphatic hydroxyl groups is 2. The number of alkyl halides is 3. The van der Waals surface area contributed by atoms with Crippen LogP contribution in [0.2, 0.25) is 0 Å². The van der Waals surface area contributed by atoms with Crippen molar-refractivity contribution in [1.82, 2.24) is 18.9 Å². The summed E-state index contributed by atoms with van der Waals surface area (Å²) in [6.07, 6.45) is -9.74. The molecule has 1 fully saturated rings. The van der Waals surface area contributed by atoms with Crippen molar-refractivity contribution in [1.29, 1.82) is 0 Å². The molecule has 1 saturated heterocycles. The van der Waals surface area contributed by atoms with Gasteiger partial charge < -0.3 is 48.8 Å². The summed E-state index contributed by atoms with van der Waals surface area (Å²) < 4.78 is 73.1. The van der Waals surface area contributed by atoms with Crippen LogP contribution >= 0.6 is 15.2 Å². The first kappa shape index (κ1) is 47.6. The molecular formula is C31H54F3N5O11P2. The molecule has 0 bridgehead atoms. The fraction of sp³-hybridized carbons (Fsp3) is 0.677. The second-order valence-corrected chi connectivity index (χ2v) is 15.5. The van der Waals surface area contributed by atoms with Crippen molar-refractivity contribution in [2.24, 2.45) is 12.2 Å². The fourth-order valence-corrected chi connectivity index (χ4v) is 7.36. The van der Waals surface area contributed by atoms with Crippen LogP contribution < -0.4 is 11.2 Å². The fourth-order valence-electron chi connectivity index (χ4n) is 4.79. The SMILES string of the molecule is CCN(CC)CC.CCN(CC)CC.Cn1c(=O)n([C@@H]2O[C@H](COP(=O)(O)CP(=O)(O)O)[C@@H](O)[C@H]2O)cc/c1=N/OCc1cccc(C(F)(F)F)c1. The summed E-state index contributed by atoms with van der Waals surface area (Å²) in [6, 6.07) is 5.65. The smallest absolute Gasteiger partial charge is 0.389 e. The van der Waals surface area contributed by atoms with Crippen LogP contribution in [0.15, 0.2) is 46.5 Å². The van der Waals surface area contributed by atoms with Gasteiger partial charge in [0.15, 0.2) is 17.6 Å². The number of nitrogens with zero attached hydrogens (tertiary/aromatic N) is 5. The van der Waals surface area contributed by atoms with E-state index < -0.39 is 69.7 Å². The van der Waals surface area contributed by atoms with Gasteiger partial charge in [0.05, 0.1) is 12.2 Å². The second kappa shape index (κ2) is 22.1. The number of benzene rings is 1. The van der Waals surface area contributed by atoms with Crippen LogP contribution in [-0.4, -0.2) is 114 Å². The Balaban J connectivity index is 0.000000812. The summed E-state index contributed by atoms with van der Waals surface area (Å²) in [7, 11) is -8.38. The molecule has 1 aliphatic heterocycles. The molecule has 16 nitrogen and oxygen atoms in total. The summed E-state index contributed by atoms with van der Waals surface area (Å²) in [6.45, 7) is 19.1. The van der Waals surface area contributed by atoms with Crippen LogP contribution in [-0.2, 0) is 43.1 Å². The molecule has 0 spiro atoms. The van der Waals surface area contributed by atoms with Crippen molar-refractivity contribution in [3.8, 4) is 0 Å². The highest BCUT2D eigenvalue weighted by Crippen LogP contribution is 2.55. The van der Waals surface area contributed by atoms with Gasteiger partial charge in [-0.25, -0.2) is 4.79 Å². The Bertz CT molecular complexity index is 1560. The van der Waals surface area contributed by atoms with Crippen LogP contribution in [0.5, 0.6) is 0 Å². The highest BCUT2D eigenvalue weighted by molar-refractivity contribution is 7.70. The average molecular weight is 792 g/mol. The van der Waals surface area contributed by atoms with Gasteiger partial charge in [-0.05, 0) is 57.0 Å². The summed E-state index contributed by atoms with van der Waals surface area (Å²) >= 11 is 0. The van der Waals surface area contributed by atoms with Crippen LogP contribution in [0.1, 0.15) is 58.9 Å². The van der Waals surface area contributed by atoms with Gasteiger partial charge in [-0.1, -0.05) is 58.8 Å². The van der Waals surface area contributed by atoms with Crippen molar-refractivity contribution < 1.29 is 61.3 Å². The molecule has 0 saturated carbocycles. The first-order chi connectivity index (χ1) is 24.2. The average Bonchev–Trinajstić information content (AvgIpc) is 3.35. The van der Waals surface area contributed by atoms with Gasteiger partial charge >= 0.3 is 27.1 Å². The van der Waals surface area contributed by atoms with E-state index in [4.69, 9.17) is 19.4 Å². The van der Waals surface area contributed by atoms with Crippen LogP contribution in [0.3, 0.4) is 0 Å². The molecule has 1 aromatic heterocycles. The van der Waals surface area contributed by atoms with E-state index in [-0.39, 0.29) is 17.7 Å².